The zero-order chi connectivity index (χ0) is 21.7. The Hall–Kier alpha value is -3.16. The first kappa shape index (κ1) is 21.5. The van der Waals surface area contributed by atoms with Crippen molar-refractivity contribution in [2.24, 2.45) is 0 Å². The van der Waals surface area contributed by atoms with Crippen molar-refractivity contribution in [2.45, 2.75) is 25.3 Å². The minimum absolute atomic E-state index is 0.106. The van der Waals surface area contributed by atoms with E-state index in [0.29, 0.717) is 29.1 Å². The second-order valence-corrected chi connectivity index (χ2v) is 8.69. The maximum absolute atomic E-state index is 12.9. The van der Waals surface area contributed by atoms with Crippen LogP contribution in [0.1, 0.15) is 27.0 Å². The Morgan fingerprint density at radius 2 is 1.70 bits per heavy atom. The first-order valence-electron chi connectivity index (χ1n) is 9.38. The average Bonchev–Trinajstić information content (AvgIpc) is 2.69. The lowest BCUT2D eigenvalue weighted by atomic mass is 10.1. The number of carbonyl (C=O) groups is 1. The molecule has 3 aromatic rings. The topological polar surface area (TPSA) is 84.5 Å². The predicted molar refractivity (Wildman–Crippen MR) is 118 cm³/mol. The van der Waals surface area contributed by atoms with Crippen molar-refractivity contribution in [2.75, 3.05) is 17.1 Å². The maximum Gasteiger partial charge on any atom is 0.262 e. The molecule has 1 amide bonds. The number of ether oxygens (including phenoxy) is 1. The standard InChI is InChI=1S/C23H24N2O4S/c1-16-6-4-9-21(12-16)25-30(27,28)22-14-20(11-10-17(22)2)24-23(26)19-8-5-7-18(13-19)15-29-3/h4-14,25H,15H2,1-3H3,(H,24,26). The second-order valence-electron chi connectivity index (χ2n) is 7.04. The van der Waals surface area contributed by atoms with Gasteiger partial charge < -0.3 is 10.1 Å². The monoisotopic (exact) mass is 424 g/mol. The summed E-state index contributed by atoms with van der Waals surface area (Å²) in [5.74, 6) is -0.327. The number of rotatable bonds is 7. The van der Waals surface area contributed by atoms with Gasteiger partial charge in [0, 0.05) is 24.0 Å². The highest BCUT2D eigenvalue weighted by Crippen LogP contribution is 2.24. The summed E-state index contributed by atoms with van der Waals surface area (Å²) >= 11 is 0. The maximum atomic E-state index is 12.9. The first-order chi connectivity index (χ1) is 14.3. The first-order valence-corrected chi connectivity index (χ1v) is 10.9. The lowest BCUT2D eigenvalue weighted by Crippen LogP contribution is -2.16. The number of sulfonamides is 1. The van der Waals surface area contributed by atoms with Crippen molar-refractivity contribution < 1.29 is 17.9 Å². The van der Waals surface area contributed by atoms with Gasteiger partial charge in [-0.25, -0.2) is 8.42 Å². The molecule has 0 aromatic heterocycles. The van der Waals surface area contributed by atoms with Crippen LogP contribution in [0.4, 0.5) is 11.4 Å². The van der Waals surface area contributed by atoms with E-state index in [1.807, 2.05) is 19.1 Å². The van der Waals surface area contributed by atoms with Gasteiger partial charge in [-0.1, -0.05) is 30.3 Å². The third-order valence-electron chi connectivity index (χ3n) is 4.51. The Kier molecular flexibility index (Phi) is 6.54. The van der Waals surface area contributed by atoms with Gasteiger partial charge in [0.25, 0.3) is 15.9 Å². The molecular weight excluding hydrogens is 400 g/mol. The van der Waals surface area contributed by atoms with Crippen molar-refractivity contribution >= 4 is 27.3 Å². The summed E-state index contributed by atoms with van der Waals surface area (Å²) in [5, 5.41) is 2.77. The van der Waals surface area contributed by atoms with E-state index in [1.54, 1.807) is 62.6 Å². The summed E-state index contributed by atoms with van der Waals surface area (Å²) in [6.45, 7) is 4.00. The molecule has 0 radical (unpaired) electrons. The van der Waals surface area contributed by atoms with Crippen LogP contribution in [0.25, 0.3) is 0 Å². The second kappa shape index (κ2) is 9.11. The summed E-state index contributed by atoms with van der Waals surface area (Å²) in [7, 11) is -2.23. The lowest BCUT2D eigenvalue weighted by Gasteiger charge is -2.13. The number of methoxy groups -OCH3 is 1. The van der Waals surface area contributed by atoms with Crippen molar-refractivity contribution in [1.82, 2.24) is 0 Å². The molecule has 2 N–H and O–H groups in total. The summed E-state index contributed by atoms with van der Waals surface area (Å²) in [5.41, 5.74) is 3.75. The van der Waals surface area contributed by atoms with E-state index in [1.165, 1.54) is 6.07 Å². The van der Waals surface area contributed by atoms with Crippen LogP contribution in [0.3, 0.4) is 0 Å². The normalized spacial score (nSPS) is 11.2. The van der Waals surface area contributed by atoms with Gasteiger partial charge in [-0.2, -0.15) is 0 Å². The molecule has 6 nitrogen and oxygen atoms in total. The Morgan fingerprint density at radius 1 is 0.933 bits per heavy atom. The molecule has 0 atom stereocenters. The van der Waals surface area contributed by atoms with Crippen LogP contribution >= 0.6 is 0 Å². The Labute approximate surface area is 177 Å². The molecule has 0 unspecified atom stereocenters. The van der Waals surface area contributed by atoms with Crippen molar-refractivity contribution in [3.8, 4) is 0 Å². The number of hydrogen-bond donors (Lipinski definition) is 2. The molecular formula is C23H24N2O4S. The molecule has 0 aliphatic heterocycles. The van der Waals surface area contributed by atoms with Gasteiger partial charge in [0.15, 0.2) is 0 Å². The van der Waals surface area contributed by atoms with E-state index in [0.717, 1.165) is 11.1 Å². The van der Waals surface area contributed by atoms with Gasteiger partial charge in [0.1, 0.15) is 0 Å². The summed E-state index contributed by atoms with van der Waals surface area (Å²) < 4.78 is 33.5. The Bertz CT molecular complexity index is 1170. The third-order valence-corrected chi connectivity index (χ3v) is 6.03. The van der Waals surface area contributed by atoms with Crippen LogP contribution in [0.15, 0.2) is 71.6 Å². The van der Waals surface area contributed by atoms with Gasteiger partial charge >= 0.3 is 0 Å². The summed E-state index contributed by atoms with van der Waals surface area (Å²) in [6, 6.07) is 19.0. The minimum Gasteiger partial charge on any atom is -0.380 e. The van der Waals surface area contributed by atoms with Crippen LogP contribution < -0.4 is 10.0 Å². The van der Waals surface area contributed by atoms with E-state index in [4.69, 9.17) is 4.74 Å². The van der Waals surface area contributed by atoms with E-state index >= 15 is 0 Å². The number of anilines is 2. The zero-order valence-electron chi connectivity index (χ0n) is 17.1. The van der Waals surface area contributed by atoms with E-state index in [2.05, 4.69) is 10.0 Å². The fourth-order valence-corrected chi connectivity index (χ4v) is 4.38. The summed E-state index contributed by atoms with van der Waals surface area (Å²) in [4.78, 5) is 12.7. The quantitative estimate of drug-likeness (QED) is 0.585. The van der Waals surface area contributed by atoms with Crippen LogP contribution in [0, 0.1) is 13.8 Å². The molecule has 0 heterocycles. The lowest BCUT2D eigenvalue weighted by molar-refractivity contribution is 0.102. The van der Waals surface area contributed by atoms with Crippen molar-refractivity contribution in [3.05, 3.63) is 89.0 Å². The van der Waals surface area contributed by atoms with Crippen LogP contribution in [-0.4, -0.2) is 21.4 Å². The van der Waals surface area contributed by atoms with Crippen molar-refractivity contribution in [3.63, 3.8) is 0 Å². The molecule has 3 rings (SSSR count). The smallest absolute Gasteiger partial charge is 0.262 e. The third kappa shape index (κ3) is 5.25. The molecule has 0 aliphatic rings. The largest absolute Gasteiger partial charge is 0.380 e. The van der Waals surface area contributed by atoms with Crippen LogP contribution in [0.2, 0.25) is 0 Å². The number of aryl methyl sites for hydroxylation is 2. The molecule has 0 bridgehead atoms. The molecule has 0 spiro atoms. The summed E-state index contributed by atoms with van der Waals surface area (Å²) in [6.07, 6.45) is 0. The molecule has 7 heteroatoms. The van der Waals surface area contributed by atoms with E-state index in [9.17, 15) is 13.2 Å². The van der Waals surface area contributed by atoms with E-state index in [-0.39, 0.29) is 10.8 Å². The van der Waals surface area contributed by atoms with Crippen LogP contribution in [0.5, 0.6) is 0 Å². The predicted octanol–water partition coefficient (Wildman–Crippen LogP) is 4.50. The van der Waals surface area contributed by atoms with Gasteiger partial charge in [0.05, 0.1) is 11.5 Å². The van der Waals surface area contributed by atoms with E-state index < -0.39 is 10.0 Å². The Balaban J connectivity index is 1.84. The highest BCUT2D eigenvalue weighted by atomic mass is 32.2. The highest BCUT2D eigenvalue weighted by Gasteiger charge is 2.18. The number of carbonyl (C=O) groups excluding carboxylic acids is 1. The number of nitrogens with one attached hydrogen (secondary N) is 2. The molecule has 30 heavy (non-hydrogen) atoms. The average molecular weight is 425 g/mol. The number of benzene rings is 3. The van der Waals surface area contributed by atoms with Gasteiger partial charge in [-0.3, -0.25) is 9.52 Å². The van der Waals surface area contributed by atoms with Gasteiger partial charge in [-0.15, -0.1) is 0 Å². The zero-order valence-corrected chi connectivity index (χ0v) is 17.9. The number of amides is 1. The minimum atomic E-state index is -3.82. The molecule has 0 aliphatic carbocycles. The molecule has 0 fully saturated rings. The molecule has 3 aromatic carbocycles. The molecule has 0 saturated heterocycles. The SMILES string of the molecule is COCc1cccc(C(=O)Nc2ccc(C)c(S(=O)(=O)Nc3cccc(C)c3)c2)c1. The Morgan fingerprint density at radius 3 is 2.43 bits per heavy atom. The van der Waals surface area contributed by atoms with Gasteiger partial charge in [0.2, 0.25) is 0 Å². The van der Waals surface area contributed by atoms with Crippen molar-refractivity contribution in [1.29, 1.82) is 0 Å². The van der Waals surface area contributed by atoms with Crippen LogP contribution in [-0.2, 0) is 21.4 Å². The van der Waals surface area contributed by atoms with Gasteiger partial charge in [-0.05, 0) is 66.9 Å². The highest BCUT2D eigenvalue weighted by molar-refractivity contribution is 7.92. The number of hydrogen-bond acceptors (Lipinski definition) is 4. The molecule has 0 saturated carbocycles. The fraction of sp³-hybridized carbons (Fsp3) is 0.174. The fourth-order valence-electron chi connectivity index (χ4n) is 3.06. The molecule has 156 valence electrons.